The number of benzene rings is 2. The van der Waals surface area contributed by atoms with Crippen molar-refractivity contribution in [3.05, 3.63) is 76.3 Å². The van der Waals surface area contributed by atoms with Gasteiger partial charge in [-0.2, -0.15) is 10.2 Å². The standard InChI is InChI=1S/C19H16ClFN6/c1-12-15(10-22-25-19-23-16-4-2-3-5-17(16)24-19)18(20)27(26-12)11-13-6-8-14(21)9-7-13/h2-10H,11H2,1H3,(H2,23,24,25)/b22-10-. The second-order valence-electron chi connectivity index (χ2n) is 6.05. The first-order chi connectivity index (χ1) is 13.1. The smallest absolute Gasteiger partial charge is 0.222 e. The van der Waals surface area contributed by atoms with Gasteiger partial charge in [0.05, 0.1) is 35.1 Å². The normalized spacial score (nSPS) is 11.5. The minimum absolute atomic E-state index is 0.272. The van der Waals surface area contributed by atoms with Crippen LogP contribution in [-0.2, 0) is 6.54 Å². The Morgan fingerprint density at radius 2 is 2.00 bits per heavy atom. The van der Waals surface area contributed by atoms with E-state index in [0.29, 0.717) is 23.2 Å². The van der Waals surface area contributed by atoms with E-state index in [1.807, 2.05) is 31.2 Å². The Labute approximate surface area is 159 Å². The van der Waals surface area contributed by atoms with Crippen molar-refractivity contribution in [2.24, 2.45) is 5.10 Å². The van der Waals surface area contributed by atoms with Gasteiger partial charge in [-0.15, -0.1) is 0 Å². The van der Waals surface area contributed by atoms with Crippen LogP contribution < -0.4 is 5.43 Å². The lowest BCUT2D eigenvalue weighted by molar-refractivity contribution is 0.624. The van der Waals surface area contributed by atoms with Crippen LogP contribution in [0.25, 0.3) is 11.0 Å². The third-order valence-corrected chi connectivity index (χ3v) is 4.51. The van der Waals surface area contributed by atoms with Crippen molar-refractivity contribution in [1.29, 1.82) is 0 Å². The number of halogens is 2. The Kier molecular flexibility index (Phi) is 4.60. The number of aryl methyl sites for hydroxylation is 1. The summed E-state index contributed by atoms with van der Waals surface area (Å²) in [6.45, 7) is 2.31. The number of nitrogens with one attached hydrogen (secondary N) is 2. The largest absolute Gasteiger partial charge is 0.323 e. The summed E-state index contributed by atoms with van der Waals surface area (Å²) < 4.78 is 14.7. The predicted octanol–water partition coefficient (Wildman–Crippen LogP) is 4.35. The lowest BCUT2D eigenvalue weighted by atomic mass is 10.2. The van der Waals surface area contributed by atoms with Crippen molar-refractivity contribution in [3.63, 3.8) is 0 Å². The molecule has 0 aliphatic heterocycles. The summed E-state index contributed by atoms with van der Waals surface area (Å²) in [4.78, 5) is 7.53. The second kappa shape index (κ2) is 7.20. The Morgan fingerprint density at radius 1 is 1.22 bits per heavy atom. The number of nitrogens with zero attached hydrogens (tertiary/aromatic N) is 4. The van der Waals surface area contributed by atoms with Crippen molar-refractivity contribution in [2.75, 3.05) is 5.43 Å². The minimum atomic E-state index is -0.272. The van der Waals surface area contributed by atoms with Crippen LogP contribution in [0.5, 0.6) is 0 Å². The zero-order valence-electron chi connectivity index (χ0n) is 14.4. The molecule has 0 aliphatic rings. The zero-order chi connectivity index (χ0) is 18.8. The van der Waals surface area contributed by atoms with Gasteiger partial charge < -0.3 is 4.98 Å². The number of para-hydroxylation sites is 2. The van der Waals surface area contributed by atoms with Crippen molar-refractivity contribution in [1.82, 2.24) is 19.7 Å². The van der Waals surface area contributed by atoms with Gasteiger partial charge in [0.25, 0.3) is 0 Å². The minimum Gasteiger partial charge on any atom is -0.323 e. The van der Waals surface area contributed by atoms with E-state index in [9.17, 15) is 4.39 Å². The summed E-state index contributed by atoms with van der Waals surface area (Å²) in [5.41, 5.74) is 7.02. The lowest BCUT2D eigenvalue weighted by Crippen LogP contribution is -2.02. The van der Waals surface area contributed by atoms with E-state index in [1.165, 1.54) is 12.1 Å². The van der Waals surface area contributed by atoms with Crippen molar-refractivity contribution >= 4 is 34.8 Å². The monoisotopic (exact) mass is 382 g/mol. The highest BCUT2D eigenvalue weighted by atomic mass is 35.5. The summed E-state index contributed by atoms with van der Waals surface area (Å²) in [6, 6.07) is 14.0. The Hall–Kier alpha value is -3.19. The first-order valence-electron chi connectivity index (χ1n) is 8.31. The lowest BCUT2D eigenvalue weighted by Gasteiger charge is -2.03. The fourth-order valence-electron chi connectivity index (χ4n) is 2.75. The van der Waals surface area contributed by atoms with Gasteiger partial charge in [0.1, 0.15) is 11.0 Å². The molecule has 8 heteroatoms. The average molecular weight is 383 g/mol. The predicted molar refractivity (Wildman–Crippen MR) is 105 cm³/mol. The van der Waals surface area contributed by atoms with Gasteiger partial charge in [0, 0.05) is 0 Å². The SMILES string of the molecule is Cc1nn(Cc2ccc(F)cc2)c(Cl)c1/C=N\Nc1nc2ccccc2[nH]1. The van der Waals surface area contributed by atoms with Crippen molar-refractivity contribution in [3.8, 4) is 0 Å². The molecule has 0 atom stereocenters. The van der Waals surface area contributed by atoms with E-state index in [0.717, 1.165) is 22.3 Å². The van der Waals surface area contributed by atoms with Crippen LogP contribution in [0.4, 0.5) is 10.3 Å². The van der Waals surface area contributed by atoms with E-state index in [1.54, 1.807) is 23.0 Å². The number of aromatic amines is 1. The summed E-state index contributed by atoms with van der Waals surface area (Å²) in [6.07, 6.45) is 1.61. The molecule has 4 aromatic rings. The number of H-pyrrole nitrogens is 1. The van der Waals surface area contributed by atoms with Gasteiger partial charge in [-0.25, -0.2) is 19.5 Å². The molecule has 0 radical (unpaired) electrons. The molecular formula is C19H16ClFN6. The first-order valence-corrected chi connectivity index (χ1v) is 8.69. The molecule has 0 amide bonds. The van der Waals surface area contributed by atoms with E-state index < -0.39 is 0 Å². The molecule has 0 fully saturated rings. The number of hydrazone groups is 1. The number of aromatic nitrogens is 4. The maximum absolute atomic E-state index is 13.0. The maximum atomic E-state index is 13.0. The topological polar surface area (TPSA) is 70.9 Å². The van der Waals surface area contributed by atoms with Crippen LogP contribution in [0.1, 0.15) is 16.8 Å². The van der Waals surface area contributed by atoms with E-state index in [2.05, 4.69) is 25.6 Å². The molecule has 4 rings (SSSR count). The van der Waals surface area contributed by atoms with E-state index >= 15 is 0 Å². The number of imidazole rings is 1. The first kappa shape index (κ1) is 17.2. The third-order valence-electron chi connectivity index (χ3n) is 4.11. The molecule has 27 heavy (non-hydrogen) atoms. The van der Waals surface area contributed by atoms with Gasteiger partial charge in [0.15, 0.2) is 0 Å². The third kappa shape index (κ3) is 3.68. The maximum Gasteiger partial charge on any atom is 0.222 e. The molecule has 0 bridgehead atoms. The molecule has 6 nitrogen and oxygen atoms in total. The van der Waals surface area contributed by atoms with Crippen LogP contribution in [0.15, 0.2) is 53.6 Å². The summed E-state index contributed by atoms with van der Waals surface area (Å²) in [5.74, 6) is 0.269. The Morgan fingerprint density at radius 3 is 2.78 bits per heavy atom. The van der Waals surface area contributed by atoms with Gasteiger partial charge in [0.2, 0.25) is 5.95 Å². The number of hydrogen-bond donors (Lipinski definition) is 2. The van der Waals surface area contributed by atoms with Gasteiger partial charge >= 0.3 is 0 Å². The van der Waals surface area contributed by atoms with Gasteiger partial charge in [-0.3, -0.25) is 0 Å². The molecular weight excluding hydrogens is 367 g/mol. The molecule has 2 heterocycles. The molecule has 0 saturated heterocycles. The fraction of sp³-hybridized carbons (Fsp3) is 0.105. The Balaban J connectivity index is 1.50. The molecule has 0 unspecified atom stereocenters. The second-order valence-corrected chi connectivity index (χ2v) is 6.40. The zero-order valence-corrected chi connectivity index (χ0v) is 15.2. The molecule has 0 saturated carbocycles. The fourth-order valence-corrected chi connectivity index (χ4v) is 3.03. The van der Waals surface area contributed by atoms with Crippen LogP contribution >= 0.6 is 11.6 Å². The number of rotatable bonds is 5. The van der Waals surface area contributed by atoms with Crippen LogP contribution in [0, 0.1) is 12.7 Å². The summed E-state index contributed by atoms with van der Waals surface area (Å²) in [5, 5.41) is 9.11. The van der Waals surface area contributed by atoms with Gasteiger partial charge in [-0.05, 0) is 36.8 Å². The molecule has 136 valence electrons. The summed E-state index contributed by atoms with van der Waals surface area (Å²) >= 11 is 6.44. The Bertz CT molecular complexity index is 1080. The molecule has 2 N–H and O–H groups in total. The quantitative estimate of drug-likeness (QED) is 0.398. The van der Waals surface area contributed by atoms with E-state index in [-0.39, 0.29) is 5.82 Å². The number of fused-ring (bicyclic) bond motifs is 1. The highest BCUT2D eigenvalue weighted by Gasteiger charge is 2.12. The molecule has 0 spiro atoms. The summed E-state index contributed by atoms with van der Waals surface area (Å²) in [7, 11) is 0. The highest BCUT2D eigenvalue weighted by Crippen LogP contribution is 2.20. The molecule has 0 aliphatic carbocycles. The highest BCUT2D eigenvalue weighted by molar-refractivity contribution is 6.32. The molecule has 2 aromatic carbocycles. The van der Waals surface area contributed by atoms with Crippen molar-refractivity contribution in [2.45, 2.75) is 13.5 Å². The van der Waals surface area contributed by atoms with Crippen LogP contribution in [0.3, 0.4) is 0 Å². The van der Waals surface area contributed by atoms with Crippen LogP contribution in [0.2, 0.25) is 5.15 Å². The number of anilines is 1. The average Bonchev–Trinajstić information content (AvgIpc) is 3.19. The molecule has 2 aromatic heterocycles. The van der Waals surface area contributed by atoms with E-state index in [4.69, 9.17) is 11.6 Å². The van der Waals surface area contributed by atoms with Gasteiger partial charge in [-0.1, -0.05) is 35.9 Å². The van der Waals surface area contributed by atoms with Crippen LogP contribution in [-0.4, -0.2) is 26.0 Å². The number of hydrogen-bond acceptors (Lipinski definition) is 4. The van der Waals surface area contributed by atoms with Crippen molar-refractivity contribution < 1.29 is 4.39 Å².